The fraction of sp³-hybridized carbons (Fsp3) is 0.571. The third-order valence-corrected chi connectivity index (χ3v) is 4.28. The van der Waals surface area contributed by atoms with Crippen LogP contribution in [0.15, 0.2) is 16.5 Å². The first-order chi connectivity index (χ1) is 9.16. The summed E-state index contributed by atoms with van der Waals surface area (Å²) in [5.74, 6) is -0.722. The molecule has 1 aromatic rings. The number of aromatic carboxylic acids is 1. The van der Waals surface area contributed by atoms with E-state index in [1.165, 1.54) is 31.4 Å². The summed E-state index contributed by atoms with van der Waals surface area (Å²) in [6, 6.07) is 3.12. The Kier molecular flexibility index (Phi) is 3.05. The molecule has 5 nitrogen and oxygen atoms in total. The molecule has 5 heteroatoms. The number of likely N-dealkylation sites (tertiary alicyclic amines) is 1. The van der Waals surface area contributed by atoms with Crippen LogP contribution in [0.4, 0.5) is 0 Å². The molecule has 1 aliphatic heterocycles. The minimum absolute atomic E-state index is 0.143. The van der Waals surface area contributed by atoms with Gasteiger partial charge in [-0.25, -0.2) is 4.79 Å². The van der Waals surface area contributed by atoms with E-state index in [1.807, 2.05) is 4.90 Å². The van der Waals surface area contributed by atoms with Crippen LogP contribution in [0.5, 0.6) is 0 Å². The van der Waals surface area contributed by atoms with Gasteiger partial charge in [-0.05, 0) is 43.7 Å². The van der Waals surface area contributed by atoms with Crippen LogP contribution in [-0.2, 0) is 0 Å². The number of hydrogen-bond donors (Lipinski definition) is 1. The molecule has 2 aliphatic rings. The number of nitrogens with zero attached hydrogens (tertiary/aromatic N) is 1. The minimum Gasteiger partial charge on any atom is -0.475 e. The highest BCUT2D eigenvalue weighted by molar-refractivity contribution is 5.93. The highest BCUT2D eigenvalue weighted by Gasteiger charge is 2.38. The summed E-state index contributed by atoms with van der Waals surface area (Å²) < 4.78 is 5.12. The summed E-state index contributed by atoms with van der Waals surface area (Å²) in [6.45, 7) is 0.753. The predicted octanol–water partition coefficient (Wildman–Crippen LogP) is 2.38. The lowest BCUT2D eigenvalue weighted by atomic mass is 9.92. The first-order valence-corrected chi connectivity index (χ1v) is 6.81. The second-order valence-electron chi connectivity index (χ2n) is 5.37. The van der Waals surface area contributed by atoms with Crippen LogP contribution in [0.1, 0.15) is 53.2 Å². The first kappa shape index (κ1) is 12.3. The molecule has 3 rings (SSSR count). The molecule has 1 saturated carbocycles. The van der Waals surface area contributed by atoms with Crippen molar-refractivity contribution >= 4 is 11.9 Å². The zero-order chi connectivity index (χ0) is 13.4. The largest absolute Gasteiger partial charge is 0.475 e. The van der Waals surface area contributed by atoms with Gasteiger partial charge < -0.3 is 14.4 Å². The summed E-state index contributed by atoms with van der Waals surface area (Å²) >= 11 is 0. The molecule has 19 heavy (non-hydrogen) atoms. The minimum atomic E-state index is -1.14. The number of fused-ring (bicyclic) bond motifs is 1. The van der Waals surface area contributed by atoms with Crippen molar-refractivity contribution < 1.29 is 19.1 Å². The topological polar surface area (TPSA) is 70.8 Å². The van der Waals surface area contributed by atoms with Crippen LogP contribution in [-0.4, -0.2) is 34.5 Å². The zero-order valence-electron chi connectivity index (χ0n) is 10.7. The molecular weight excluding hydrogens is 246 g/mol. The van der Waals surface area contributed by atoms with E-state index in [1.54, 1.807) is 0 Å². The van der Waals surface area contributed by atoms with Gasteiger partial charge in [0.25, 0.3) is 5.91 Å². The van der Waals surface area contributed by atoms with Crippen molar-refractivity contribution in [1.82, 2.24) is 4.90 Å². The van der Waals surface area contributed by atoms with Crippen LogP contribution >= 0.6 is 0 Å². The van der Waals surface area contributed by atoms with Gasteiger partial charge in [0, 0.05) is 12.6 Å². The van der Waals surface area contributed by atoms with E-state index >= 15 is 0 Å². The zero-order valence-corrected chi connectivity index (χ0v) is 10.7. The summed E-state index contributed by atoms with van der Waals surface area (Å²) in [7, 11) is 0. The Morgan fingerprint density at radius 3 is 2.63 bits per heavy atom. The van der Waals surface area contributed by atoms with Gasteiger partial charge in [0.15, 0.2) is 5.76 Å². The molecule has 1 aliphatic carbocycles. The number of carbonyl (C=O) groups excluding carboxylic acids is 1. The number of hydrogen-bond acceptors (Lipinski definition) is 3. The monoisotopic (exact) mass is 263 g/mol. The number of carboxylic acids is 1. The second kappa shape index (κ2) is 4.72. The van der Waals surface area contributed by atoms with Gasteiger partial charge in [-0.15, -0.1) is 0 Å². The molecule has 102 valence electrons. The summed E-state index contributed by atoms with van der Waals surface area (Å²) in [4.78, 5) is 25.1. The number of piperidine rings is 1. The van der Waals surface area contributed by atoms with E-state index in [4.69, 9.17) is 9.52 Å². The molecule has 0 aromatic carbocycles. The molecule has 0 spiro atoms. The van der Waals surface area contributed by atoms with Crippen molar-refractivity contribution in [2.24, 2.45) is 5.92 Å². The Bertz CT molecular complexity index is 507. The molecule has 2 atom stereocenters. The molecule has 1 amide bonds. The van der Waals surface area contributed by atoms with Gasteiger partial charge in [-0.2, -0.15) is 0 Å². The van der Waals surface area contributed by atoms with Crippen molar-refractivity contribution in [2.75, 3.05) is 6.54 Å². The van der Waals surface area contributed by atoms with Gasteiger partial charge >= 0.3 is 5.97 Å². The summed E-state index contributed by atoms with van der Waals surface area (Å²) in [5.41, 5.74) is 0. The Morgan fingerprint density at radius 1 is 1.16 bits per heavy atom. The SMILES string of the molecule is O=C(O)c1ccc(C(=O)N2CCC[C@@H]3CCC[C@@H]32)o1. The average Bonchev–Trinajstić information content (AvgIpc) is 3.06. The lowest BCUT2D eigenvalue weighted by molar-refractivity contribution is 0.0510. The van der Waals surface area contributed by atoms with Crippen molar-refractivity contribution in [3.8, 4) is 0 Å². The molecule has 1 aromatic heterocycles. The van der Waals surface area contributed by atoms with E-state index in [2.05, 4.69) is 0 Å². The first-order valence-electron chi connectivity index (χ1n) is 6.81. The summed E-state index contributed by atoms with van der Waals surface area (Å²) in [6.07, 6.45) is 5.67. The lowest BCUT2D eigenvalue weighted by Gasteiger charge is -2.37. The van der Waals surface area contributed by atoms with E-state index in [0.717, 1.165) is 19.4 Å². The van der Waals surface area contributed by atoms with Crippen molar-refractivity contribution in [2.45, 2.75) is 38.1 Å². The molecule has 1 N–H and O–H groups in total. The number of amides is 1. The van der Waals surface area contributed by atoms with Gasteiger partial charge in [-0.3, -0.25) is 4.79 Å². The maximum absolute atomic E-state index is 12.4. The fourth-order valence-electron chi connectivity index (χ4n) is 3.42. The Labute approximate surface area is 111 Å². The molecule has 2 heterocycles. The average molecular weight is 263 g/mol. The third-order valence-electron chi connectivity index (χ3n) is 4.28. The van der Waals surface area contributed by atoms with E-state index in [9.17, 15) is 9.59 Å². The fourth-order valence-corrected chi connectivity index (χ4v) is 3.42. The van der Waals surface area contributed by atoms with Crippen LogP contribution in [0.25, 0.3) is 0 Å². The number of furan rings is 1. The maximum Gasteiger partial charge on any atom is 0.371 e. The van der Waals surface area contributed by atoms with Crippen LogP contribution in [0.2, 0.25) is 0 Å². The molecule has 2 fully saturated rings. The molecular formula is C14H17NO4. The molecule has 1 saturated heterocycles. The Morgan fingerprint density at radius 2 is 1.89 bits per heavy atom. The maximum atomic E-state index is 12.4. The number of carboxylic acid groups (broad SMARTS) is 1. The van der Waals surface area contributed by atoms with Gasteiger partial charge in [0.2, 0.25) is 5.76 Å². The Balaban J connectivity index is 1.80. The van der Waals surface area contributed by atoms with E-state index < -0.39 is 5.97 Å². The predicted molar refractivity (Wildman–Crippen MR) is 67.1 cm³/mol. The second-order valence-corrected chi connectivity index (χ2v) is 5.37. The van der Waals surface area contributed by atoms with Crippen molar-refractivity contribution in [1.29, 1.82) is 0 Å². The molecule has 0 unspecified atom stereocenters. The lowest BCUT2D eigenvalue weighted by Crippen LogP contribution is -2.46. The normalized spacial score (nSPS) is 26.2. The Hall–Kier alpha value is -1.78. The van der Waals surface area contributed by atoms with E-state index in [-0.39, 0.29) is 17.4 Å². The van der Waals surface area contributed by atoms with Crippen LogP contribution in [0, 0.1) is 5.92 Å². The van der Waals surface area contributed by atoms with Crippen LogP contribution < -0.4 is 0 Å². The standard InChI is InChI=1S/C14H17NO4/c16-13(11-6-7-12(19-11)14(17)18)15-8-2-4-9-3-1-5-10(9)15/h6-7,9-10H,1-5,8H2,(H,17,18)/t9-,10-/m0/s1. The molecule has 0 radical (unpaired) electrons. The van der Waals surface area contributed by atoms with Gasteiger partial charge in [-0.1, -0.05) is 6.42 Å². The van der Waals surface area contributed by atoms with Crippen molar-refractivity contribution in [3.63, 3.8) is 0 Å². The van der Waals surface area contributed by atoms with Gasteiger partial charge in [0.05, 0.1) is 0 Å². The van der Waals surface area contributed by atoms with Crippen LogP contribution in [0.3, 0.4) is 0 Å². The summed E-state index contributed by atoms with van der Waals surface area (Å²) in [5, 5.41) is 8.82. The number of rotatable bonds is 2. The number of carbonyl (C=O) groups is 2. The smallest absolute Gasteiger partial charge is 0.371 e. The quantitative estimate of drug-likeness (QED) is 0.889. The van der Waals surface area contributed by atoms with Crippen molar-refractivity contribution in [3.05, 3.63) is 23.7 Å². The van der Waals surface area contributed by atoms with E-state index in [0.29, 0.717) is 12.0 Å². The highest BCUT2D eigenvalue weighted by atomic mass is 16.4. The third kappa shape index (κ3) is 2.13. The molecule has 0 bridgehead atoms. The van der Waals surface area contributed by atoms with Gasteiger partial charge in [0.1, 0.15) is 0 Å². The highest BCUT2D eigenvalue weighted by Crippen LogP contribution is 2.37.